The molecule has 2 aliphatic carbocycles. The molecular formula is C54H85N3O12. The third-order valence-corrected chi connectivity index (χ3v) is 13.9. The molecule has 0 bridgehead atoms. The van der Waals surface area contributed by atoms with Crippen LogP contribution in [0.15, 0.2) is 60.3 Å². The average Bonchev–Trinajstić information content (AvgIpc) is 3.36. The van der Waals surface area contributed by atoms with E-state index < -0.39 is 36.2 Å². The Kier molecular flexibility index (Phi) is 25.4. The van der Waals surface area contributed by atoms with Gasteiger partial charge in [0.25, 0.3) is 0 Å². The van der Waals surface area contributed by atoms with Crippen LogP contribution in [0.5, 0.6) is 11.5 Å². The van der Waals surface area contributed by atoms with Crippen molar-refractivity contribution < 1.29 is 58.2 Å². The Labute approximate surface area is 412 Å². The maximum Gasteiger partial charge on any atom is 0.412 e. The largest absolute Gasteiger partial charge is 0.459 e. The van der Waals surface area contributed by atoms with E-state index in [-0.39, 0.29) is 77.0 Å². The molecule has 5 rings (SSSR count). The molecule has 4 aliphatic rings. The molecule has 1 saturated carbocycles. The van der Waals surface area contributed by atoms with Gasteiger partial charge in [0.2, 0.25) is 12.1 Å². The molecule has 15 nitrogen and oxygen atoms in total. The number of carbonyl (C=O) groups excluding carboxylic acids is 2. The van der Waals surface area contributed by atoms with Crippen LogP contribution in [0.3, 0.4) is 0 Å². The Morgan fingerprint density at radius 1 is 0.899 bits per heavy atom. The first-order valence-electron chi connectivity index (χ1n) is 26.4. The second-order valence-electron chi connectivity index (χ2n) is 18.9. The van der Waals surface area contributed by atoms with Gasteiger partial charge >= 0.3 is 12.2 Å². The summed E-state index contributed by atoms with van der Waals surface area (Å²) in [6.07, 6.45) is 23.4. The maximum atomic E-state index is 14.5. The van der Waals surface area contributed by atoms with Gasteiger partial charge < -0.3 is 53.9 Å². The number of aliphatic hydroxyl groups excluding tert-OH is 3. The smallest absolute Gasteiger partial charge is 0.412 e. The minimum atomic E-state index is -1.54. The molecular weight excluding hydrogens is 883 g/mol. The first-order valence-corrected chi connectivity index (χ1v) is 26.4. The third kappa shape index (κ3) is 16.5. The van der Waals surface area contributed by atoms with E-state index in [4.69, 9.17) is 38.4 Å². The first kappa shape index (κ1) is 55.9. The summed E-state index contributed by atoms with van der Waals surface area (Å²) in [5.41, 5.74) is 2.31. The highest BCUT2D eigenvalue weighted by Gasteiger charge is 2.65. The van der Waals surface area contributed by atoms with E-state index in [0.717, 1.165) is 68.9 Å². The molecule has 69 heavy (non-hydrogen) atoms. The minimum absolute atomic E-state index is 0.00279. The summed E-state index contributed by atoms with van der Waals surface area (Å²) < 4.78 is 38.0. The molecule has 0 aromatic heterocycles. The number of oxime groups is 1. The molecule has 1 aromatic rings. The van der Waals surface area contributed by atoms with Crippen molar-refractivity contribution in [2.45, 2.75) is 166 Å². The molecule has 2 aliphatic heterocycles. The van der Waals surface area contributed by atoms with Crippen LogP contribution in [0.25, 0.3) is 0 Å². The molecule has 0 radical (unpaired) electrons. The monoisotopic (exact) mass is 968 g/mol. The highest BCUT2D eigenvalue weighted by atomic mass is 16.8. The first-order chi connectivity index (χ1) is 33.8. The molecule has 0 spiro atoms. The predicted molar refractivity (Wildman–Crippen MR) is 266 cm³/mol. The zero-order valence-corrected chi connectivity index (χ0v) is 41.7. The number of carbonyl (C=O) groups is 2. The lowest BCUT2D eigenvalue weighted by Crippen LogP contribution is -2.70. The predicted octanol–water partition coefficient (Wildman–Crippen LogP) is 9.88. The summed E-state index contributed by atoms with van der Waals surface area (Å²) >= 11 is 0. The van der Waals surface area contributed by atoms with Crippen LogP contribution in [0.4, 0.5) is 9.59 Å². The van der Waals surface area contributed by atoms with Gasteiger partial charge in [0.1, 0.15) is 17.5 Å². The molecule has 2 amide bonds. The van der Waals surface area contributed by atoms with E-state index in [1.807, 2.05) is 12.1 Å². The van der Waals surface area contributed by atoms with E-state index in [9.17, 15) is 24.9 Å². The molecule has 4 N–H and O–H groups in total. The van der Waals surface area contributed by atoms with Crippen molar-refractivity contribution in [2.75, 3.05) is 65.9 Å². The number of amides is 2. The van der Waals surface area contributed by atoms with Crippen molar-refractivity contribution in [1.82, 2.24) is 10.2 Å². The van der Waals surface area contributed by atoms with Gasteiger partial charge in [-0.25, -0.2) is 9.59 Å². The number of ether oxygens (including phenoxy) is 6. The van der Waals surface area contributed by atoms with Crippen LogP contribution in [0.2, 0.25) is 0 Å². The topological polar surface area (TPSA) is 187 Å². The lowest BCUT2D eigenvalue weighted by molar-refractivity contribution is -0.256. The fourth-order valence-corrected chi connectivity index (χ4v) is 10.6. The zero-order valence-electron chi connectivity index (χ0n) is 41.7. The van der Waals surface area contributed by atoms with Gasteiger partial charge in [0, 0.05) is 50.6 Å². The number of nitrogens with one attached hydrogen (secondary N) is 1. The summed E-state index contributed by atoms with van der Waals surface area (Å²) in [5, 5.41) is 37.4. The van der Waals surface area contributed by atoms with Crippen molar-refractivity contribution in [3.63, 3.8) is 0 Å². The Bertz CT molecular complexity index is 1750. The van der Waals surface area contributed by atoms with Gasteiger partial charge in [-0.2, -0.15) is 0 Å². The van der Waals surface area contributed by atoms with E-state index in [0.29, 0.717) is 56.0 Å². The fourth-order valence-electron chi connectivity index (χ4n) is 10.6. The number of benzene rings is 1. The SMILES string of the molecule is C=CCCOC(=O)N(CCOCCO)C1CC(=NOC2CCCCO2)C2=CC(CCCCO)C(CCCCO)C3c4cc(OC(=O)NCCCCCCCCCCCC)ccc4OC1(OCC=C)C23. The van der Waals surface area contributed by atoms with Crippen LogP contribution in [0, 0.1) is 17.8 Å². The van der Waals surface area contributed by atoms with Crippen LogP contribution in [0.1, 0.15) is 153 Å². The number of allylic oxidation sites excluding steroid dienone is 1. The number of hydrogen-bond donors (Lipinski definition) is 4. The summed E-state index contributed by atoms with van der Waals surface area (Å²) in [5.74, 6) is -1.61. The van der Waals surface area contributed by atoms with Gasteiger partial charge in [-0.1, -0.05) is 101 Å². The van der Waals surface area contributed by atoms with Crippen molar-refractivity contribution in [1.29, 1.82) is 0 Å². The lowest BCUT2D eigenvalue weighted by atomic mass is 9.55. The van der Waals surface area contributed by atoms with Gasteiger partial charge in [0.15, 0.2) is 0 Å². The van der Waals surface area contributed by atoms with Gasteiger partial charge in [-0.05, 0) is 87.0 Å². The van der Waals surface area contributed by atoms with E-state index >= 15 is 0 Å². The number of hydrogen-bond acceptors (Lipinski definition) is 13. The Morgan fingerprint density at radius 3 is 2.35 bits per heavy atom. The van der Waals surface area contributed by atoms with E-state index in [1.54, 1.807) is 23.1 Å². The third-order valence-electron chi connectivity index (χ3n) is 13.9. The van der Waals surface area contributed by atoms with Crippen molar-refractivity contribution in [3.05, 3.63) is 60.7 Å². The molecule has 2 fully saturated rings. The zero-order chi connectivity index (χ0) is 49.1. The number of fused-ring (bicyclic) bond motifs is 2. The summed E-state index contributed by atoms with van der Waals surface area (Å²) in [4.78, 5) is 35.7. The Balaban J connectivity index is 1.57. The van der Waals surface area contributed by atoms with Gasteiger partial charge in [-0.3, -0.25) is 4.90 Å². The molecule has 7 atom stereocenters. The van der Waals surface area contributed by atoms with Gasteiger partial charge in [-0.15, -0.1) is 13.2 Å². The number of nitrogens with zero attached hydrogens (tertiary/aromatic N) is 2. The normalized spacial score (nSPS) is 24.3. The molecule has 15 heteroatoms. The highest BCUT2D eigenvalue weighted by Crippen LogP contribution is 2.62. The van der Waals surface area contributed by atoms with Crippen molar-refractivity contribution >= 4 is 17.9 Å². The van der Waals surface area contributed by atoms with Crippen LogP contribution in [-0.4, -0.2) is 122 Å². The summed E-state index contributed by atoms with van der Waals surface area (Å²) in [6.45, 7) is 11.5. The second kappa shape index (κ2) is 31.4. The molecule has 2 heterocycles. The number of aliphatic hydroxyl groups is 3. The quantitative estimate of drug-likeness (QED) is 0.0291. The Morgan fingerprint density at radius 2 is 1.65 bits per heavy atom. The molecule has 7 unspecified atom stereocenters. The standard InChI is InChI=1S/C54H85N3O12/c1-4-7-9-10-11-12-13-14-15-19-28-55-52(61)67-42-26-27-47-45(39-42)50-43(24-17-21-31-59)41(23-16-20-30-58)38-44-46(56-69-49-25-18-22-35-64-49)40-48(54(68-47,51(44)50)66-33-6-3)57(29-36-63-37-32-60)53(62)65-34-8-5-2/h5-6,26-27,38-39,41,43,48-51,58-60H,2-4,7-25,28-37,40H2,1H3,(H,55,61). The summed E-state index contributed by atoms with van der Waals surface area (Å²) in [6, 6.07) is 4.60. The van der Waals surface area contributed by atoms with Crippen molar-refractivity contribution in [2.24, 2.45) is 22.9 Å². The maximum absolute atomic E-state index is 14.5. The lowest BCUT2D eigenvalue weighted by Gasteiger charge is -2.59. The van der Waals surface area contributed by atoms with E-state index in [1.165, 1.54) is 44.9 Å². The number of unbranched alkanes of at least 4 members (excludes halogenated alkanes) is 11. The highest BCUT2D eigenvalue weighted by molar-refractivity contribution is 6.03. The summed E-state index contributed by atoms with van der Waals surface area (Å²) in [7, 11) is 0. The molecule has 1 aromatic carbocycles. The van der Waals surface area contributed by atoms with Crippen molar-refractivity contribution in [3.8, 4) is 11.5 Å². The Hall–Kier alpha value is -3.99. The fraction of sp³-hybridized carbons (Fsp3) is 0.722. The minimum Gasteiger partial charge on any atom is -0.459 e. The second-order valence-corrected chi connectivity index (χ2v) is 18.9. The van der Waals surface area contributed by atoms with E-state index in [2.05, 4.69) is 31.5 Å². The molecule has 1 saturated heterocycles. The molecule has 388 valence electrons. The average molecular weight is 968 g/mol. The van der Waals surface area contributed by atoms with Gasteiger partial charge in [0.05, 0.1) is 51.3 Å². The van der Waals surface area contributed by atoms with Crippen LogP contribution >= 0.6 is 0 Å². The van der Waals surface area contributed by atoms with Crippen LogP contribution in [-0.2, 0) is 23.8 Å². The number of rotatable bonds is 34. The van der Waals surface area contributed by atoms with Crippen LogP contribution < -0.4 is 14.8 Å².